The third kappa shape index (κ3) is 2.73. The van der Waals surface area contributed by atoms with E-state index >= 15 is 0 Å². The summed E-state index contributed by atoms with van der Waals surface area (Å²) in [7, 11) is 0. The zero-order chi connectivity index (χ0) is 18.6. The number of aromatic nitrogens is 2. The molecule has 1 saturated heterocycles. The molecule has 0 aliphatic carbocycles. The van der Waals surface area contributed by atoms with E-state index in [1.54, 1.807) is 0 Å². The molecule has 5 rings (SSSR count). The monoisotopic (exact) mass is 425 g/mol. The fourth-order valence-electron chi connectivity index (χ4n) is 3.97. The molecular formula is C20H16BrN3O3. The molecule has 0 spiro atoms. The van der Waals surface area contributed by atoms with Gasteiger partial charge in [-0.05, 0) is 36.8 Å². The summed E-state index contributed by atoms with van der Waals surface area (Å²) < 4.78 is 12.9. The number of carbonyl (C=O) groups excluding carboxylic acids is 1. The van der Waals surface area contributed by atoms with E-state index in [2.05, 4.69) is 31.4 Å². The predicted octanol–water partition coefficient (Wildman–Crippen LogP) is 4.00. The highest BCUT2D eigenvalue weighted by atomic mass is 79.9. The molecule has 1 aromatic heterocycles. The van der Waals surface area contributed by atoms with Gasteiger partial charge in [0.1, 0.15) is 11.7 Å². The number of piperidine rings is 1. The number of hydrogen-bond donors (Lipinski definition) is 1. The number of para-hydroxylation sites is 1. The van der Waals surface area contributed by atoms with Gasteiger partial charge in [-0.2, -0.15) is 0 Å². The van der Waals surface area contributed by atoms with E-state index in [1.165, 1.54) is 0 Å². The lowest BCUT2D eigenvalue weighted by atomic mass is 9.75. The number of nitrogens with zero attached hydrogens (tertiary/aromatic N) is 2. The zero-order valence-electron chi connectivity index (χ0n) is 14.5. The molecule has 136 valence electrons. The van der Waals surface area contributed by atoms with E-state index in [4.69, 9.17) is 9.15 Å². The van der Waals surface area contributed by atoms with Crippen LogP contribution in [0.2, 0.25) is 0 Å². The average molecular weight is 426 g/mol. The molecule has 1 fully saturated rings. The smallest absolute Gasteiger partial charge is 0.247 e. The van der Waals surface area contributed by atoms with Gasteiger partial charge in [0.2, 0.25) is 17.7 Å². The Morgan fingerprint density at radius 2 is 2.04 bits per heavy atom. The largest absolute Gasteiger partial charge is 0.468 e. The third-order valence-electron chi connectivity index (χ3n) is 5.11. The van der Waals surface area contributed by atoms with Crippen LogP contribution in [0.25, 0.3) is 11.5 Å². The second kappa shape index (κ2) is 5.92. The molecule has 7 heteroatoms. The number of fused-ring (bicyclic) bond motifs is 4. The Balaban J connectivity index is 1.57. The lowest BCUT2D eigenvalue weighted by molar-refractivity contribution is -0.136. The highest BCUT2D eigenvalue weighted by molar-refractivity contribution is 9.10. The van der Waals surface area contributed by atoms with Crippen molar-refractivity contribution in [2.75, 3.05) is 0 Å². The van der Waals surface area contributed by atoms with Gasteiger partial charge >= 0.3 is 0 Å². The summed E-state index contributed by atoms with van der Waals surface area (Å²) in [5, 5.41) is 11.3. The van der Waals surface area contributed by atoms with Crippen molar-refractivity contribution in [3.8, 4) is 17.2 Å². The second-order valence-electron chi connectivity index (χ2n) is 7.10. The Labute approximate surface area is 164 Å². The number of amides is 1. The first-order valence-corrected chi connectivity index (χ1v) is 9.51. The highest BCUT2D eigenvalue weighted by Crippen LogP contribution is 2.49. The fourth-order valence-corrected chi connectivity index (χ4v) is 4.37. The van der Waals surface area contributed by atoms with Gasteiger partial charge < -0.3 is 14.5 Å². The van der Waals surface area contributed by atoms with Gasteiger partial charge in [-0.1, -0.05) is 40.2 Å². The number of ether oxygens (including phenoxy) is 1. The molecule has 3 aromatic rings. The summed E-state index contributed by atoms with van der Waals surface area (Å²) in [6.07, 6.45) is 0.648. The Bertz CT molecular complexity index is 1050. The summed E-state index contributed by atoms with van der Waals surface area (Å²) in [6, 6.07) is 15.4. The van der Waals surface area contributed by atoms with Crippen LogP contribution in [0.1, 0.15) is 36.6 Å². The van der Waals surface area contributed by atoms with Gasteiger partial charge in [-0.25, -0.2) is 0 Å². The van der Waals surface area contributed by atoms with Crippen LogP contribution < -0.4 is 10.1 Å². The molecule has 0 radical (unpaired) electrons. The lowest BCUT2D eigenvalue weighted by Crippen LogP contribution is -2.59. The number of hydrogen-bond acceptors (Lipinski definition) is 5. The van der Waals surface area contributed by atoms with Gasteiger partial charge in [0.25, 0.3) is 0 Å². The van der Waals surface area contributed by atoms with Crippen molar-refractivity contribution in [1.82, 2.24) is 15.5 Å². The van der Waals surface area contributed by atoms with Crippen molar-refractivity contribution in [2.45, 2.75) is 30.9 Å². The summed E-state index contributed by atoms with van der Waals surface area (Å²) >= 11 is 3.44. The van der Waals surface area contributed by atoms with Crippen LogP contribution in [0.3, 0.4) is 0 Å². The van der Waals surface area contributed by atoms with E-state index in [9.17, 15) is 4.79 Å². The summed E-state index contributed by atoms with van der Waals surface area (Å²) in [4.78, 5) is 12.9. The van der Waals surface area contributed by atoms with Crippen molar-refractivity contribution in [3.05, 3.63) is 64.5 Å². The Morgan fingerprint density at radius 3 is 2.89 bits per heavy atom. The minimum absolute atomic E-state index is 0.0792. The maximum Gasteiger partial charge on any atom is 0.247 e. The molecule has 1 N–H and O–H groups in total. The molecule has 2 aliphatic heterocycles. The SMILES string of the molecule is CC12CC(c3ccccc3O1)C(c1nnc(-c3cccc(Br)c3)o1)C(=O)N2. The minimum Gasteiger partial charge on any atom is -0.468 e. The molecule has 6 nitrogen and oxygen atoms in total. The quantitative estimate of drug-likeness (QED) is 0.671. The van der Waals surface area contributed by atoms with Crippen LogP contribution in [-0.4, -0.2) is 21.8 Å². The van der Waals surface area contributed by atoms with Gasteiger partial charge in [-0.15, -0.1) is 10.2 Å². The van der Waals surface area contributed by atoms with Gasteiger partial charge in [0.15, 0.2) is 5.72 Å². The van der Waals surface area contributed by atoms with Crippen molar-refractivity contribution in [2.24, 2.45) is 0 Å². The van der Waals surface area contributed by atoms with E-state index in [0.717, 1.165) is 21.3 Å². The normalized spacial score (nSPS) is 26.1. The maximum atomic E-state index is 12.9. The molecule has 3 unspecified atom stereocenters. The maximum absolute atomic E-state index is 12.9. The topological polar surface area (TPSA) is 77.2 Å². The molecule has 0 saturated carbocycles. The zero-order valence-corrected chi connectivity index (χ0v) is 16.1. The first kappa shape index (κ1) is 16.5. The number of rotatable bonds is 2. The Hall–Kier alpha value is -2.67. The Kier molecular flexibility index (Phi) is 3.62. The number of halogens is 1. The molecule has 3 heterocycles. The molecule has 3 atom stereocenters. The number of nitrogens with one attached hydrogen (secondary N) is 1. The van der Waals surface area contributed by atoms with Crippen molar-refractivity contribution >= 4 is 21.8 Å². The fraction of sp³-hybridized carbons (Fsp3) is 0.250. The van der Waals surface area contributed by atoms with Gasteiger partial charge in [0, 0.05) is 22.4 Å². The molecule has 2 bridgehead atoms. The Morgan fingerprint density at radius 1 is 1.19 bits per heavy atom. The van der Waals surface area contributed by atoms with Crippen molar-refractivity contribution in [3.63, 3.8) is 0 Å². The predicted molar refractivity (Wildman–Crippen MR) is 101 cm³/mol. The van der Waals surface area contributed by atoms with Crippen molar-refractivity contribution < 1.29 is 13.9 Å². The van der Waals surface area contributed by atoms with Crippen LogP contribution in [0.5, 0.6) is 5.75 Å². The van der Waals surface area contributed by atoms with Crippen LogP contribution in [0.15, 0.2) is 57.4 Å². The van der Waals surface area contributed by atoms with E-state index in [-0.39, 0.29) is 11.8 Å². The first-order chi connectivity index (χ1) is 13.0. The standard InChI is InChI=1S/C20H16BrN3O3/c1-20-10-14(13-7-2-3-8-15(13)27-20)16(17(25)22-20)19-24-23-18(26-19)11-5-4-6-12(21)9-11/h2-9,14,16H,10H2,1H3,(H,22,25). The first-order valence-electron chi connectivity index (χ1n) is 8.72. The van der Waals surface area contributed by atoms with E-state index in [0.29, 0.717) is 18.2 Å². The van der Waals surface area contributed by atoms with Gasteiger partial charge in [-0.3, -0.25) is 4.79 Å². The van der Waals surface area contributed by atoms with Crippen molar-refractivity contribution in [1.29, 1.82) is 0 Å². The minimum atomic E-state index is -0.722. The van der Waals surface area contributed by atoms with Crippen LogP contribution in [-0.2, 0) is 4.79 Å². The summed E-state index contributed by atoms with van der Waals surface area (Å²) in [5.74, 6) is 0.723. The van der Waals surface area contributed by atoms with Crippen LogP contribution in [0, 0.1) is 0 Å². The third-order valence-corrected chi connectivity index (χ3v) is 5.61. The van der Waals surface area contributed by atoms with Crippen LogP contribution >= 0.6 is 15.9 Å². The highest BCUT2D eigenvalue weighted by Gasteiger charge is 2.51. The molecule has 27 heavy (non-hydrogen) atoms. The molecule has 1 amide bonds. The number of benzene rings is 2. The average Bonchev–Trinajstić information content (AvgIpc) is 3.10. The van der Waals surface area contributed by atoms with E-state index in [1.807, 2.05) is 55.5 Å². The molecule has 2 aliphatic rings. The molecular weight excluding hydrogens is 410 g/mol. The summed E-state index contributed by atoms with van der Waals surface area (Å²) in [6.45, 7) is 1.89. The second-order valence-corrected chi connectivity index (χ2v) is 8.02. The summed E-state index contributed by atoms with van der Waals surface area (Å²) in [5.41, 5.74) is 1.08. The van der Waals surface area contributed by atoms with E-state index < -0.39 is 11.6 Å². The number of carbonyl (C=O) groups is 1. The van der Waals surface area contributed by atoms with Crippen LogP contribution in [0.4, 0.5) is 0 Å². The molecule has 2 aromatic carbocycles. The lowest BCUT2D eigenvalue weighted by Gasteiger charge is -2.46. The van der Waals surface area contributed by atoms with Gasteiger partial charge in [0.05, 0.1) is 0 Å².